The molecule has 1 N–H and O–H groups in total. The molecule has 8 rings (SSSR count). The quantitative estimate of drug-likeness (QED) is 0.220. The van der Waals surface area contributed by atoms with Crippen molar-refractivity contribution in [3.8, 4) is 5.75 Å². The van der Waals surface area contributed by atoms with Crippen LogP contribution in [0.5, 0.6) is 5.75 Å². The van der Waals surface area contributed by atoms with E-state index in [0.717, 1.165) is 27.8 Å². The highest BCUT2D eigenvalue weighted by Crippen LogP contribution is 2.63. The number of hydrazone groups is 1. The zero-order valence-corrected chi connectivity index (χ0v) is 22.6. The summed E-state index contributed by atoms with van der Waals surface area (Å²) in [6.45, 7) is 1.97. The van der Waals surface area contributed by atoms with Gasteiger partial charge in [0, 0.05) is 17.7 Å². The SMILES string of the molecule is COc1cccc(C(=O)N/N=C/C23c4ccccc4C(c4ccccc42)[C@H]2C(=O)N(c4ccc(C)cc4)C(=O)[C@@H]23)c1. The number of ether oxygens (including phenoxy) is 1. The van der Waals surface area contributed by atoms with Crippen molar-refractivity contribution in [1.29, 1.82) is 0 Å². The first-order valence-electron chi connectivity index (χ1n) is 13.6. The molecular weight excluding hydrogens is 514 g/mol. The number of amides is 3. The lowest BCUT2D eigenvalue weighted by molar-refractivity contribution is -0.122. The highest BCUT2D eigenvalue weighted by molar-refractivity contribution is 6.25. The number of hydrogen-bond donors (Lipinski definition) is 1. The second-order valence-electron chi connectivity index (χ2n) is 10.8. The van der Waals surface area contributed by atoms with Gasteiger partial charge in [-0.2, -0.15) is 5.10 Å². The van der Waals surface area contributed by atoms with Crippen LogP contribution in [-0.4, -0.2) is 31.0 Å². The van der Waals surface area contributed by atoms with Crippen LogP contribution in [0.3, 0.4) is 0 Å². The van der Waals surface area contributed by atoms with Gasteiger partial charge in [-0.1, -0.05) is 72.3 Å². The third-order valence-electron chi connectivity index (χ3n) is 8.74. The molecule has 1 aliphatic heterocycles. The molecule has 1 fully saturated rings. The van der Waals surface area contributed by atoms with Crippen LogP contribution >= 0.6 is 0 Å². The number of nitrogens with one attached hydrogen (secondary N) is 1. The van der Waals surface area contributed by atoms with Crippen molar-refractivity contribution < 1.29 is 19.1 Å². The highest BCUT2D eigenvalue weighted by atomic mass is 16.5. The van der Waals surface area contributed by atoms with Gasteiger partial charge in [0.25, 0.3) is 5.91 Å². The molecule has 2 atom stereocenters. The van der Waals surface area contributed by atoms with E-state index in [1.165, 1.54) is 4.90 Å². The molecule has 4 aliphatic rings. The maximum absolute atomic E-state index is 14.4. The number of methoxy groups -OCH3 is 1. The van der Waals surface area contributed by atoms with Gasteiger partial charge in [-0.15, -0.1) is 0 Å². The minimum Gasteiger partial charge on any atom is -0.497 e. The van der Waals surface area contributed by atoms with E-state index >= 15 is 0 Å². The smallest absolute Gasteiger partial charge is 0.271 e. The van der Waals surface area contributed by atoms with Crippen LogP contribution < -0.4 is 15.1 Å². The molecule has 1 saturated heterocycles. The number of aryl methyl sites for hydroxylation is 1. The average Bonchev–Trinajstić information content (AvgIpc) is 3.28. The van der Waals surface area contributed by atoms with Gasteiger partial charge >= 0.3 is 0 Å². The lowest BCUT2D eigenvalue weighted by atomic mass is 9.47. The summed E-state index contributed by atoms with van der Waals surface area (Å²) >= 11 is 0. The number of rotatable bonds is 5. The van der Waals surface area contributed by atoms with E-state index in [4.69, 9.17) is 4.74 Å². The molecular formula is C34H27N3O4. The molecule has 0 unspecified atom stereocenters. The standard InChI is InChI=1S/C34H27N3O4/c1-20-14-16-22(17-15-20)37-32(39)29-28-24-10-3-5-12-26(24)34(30(29)33(37)40,27-13-6-4-11-25(27)28)19-35-36-31(38)21-8-7-9-23(18-21)41-2/h3-19,28-30H,1-2H3,(H,36,38)/b35-19+/t28?,29-,30-,34?/m1/s1. The molecule has 7 nitrogen and oxygen atoms in total. The predicted molar refractivity (Wildman–Crippen MR) is 155 cm³/mol. The zero-order chi connectivity index (χ0) is 28.3. The molecule has 4 aromatic rings. The van der Waals surface area contributed by atoms with Crippen molar-refractivity contribution in [2.45, 2.75) is 18.3 Å². The fourth-order valence-electron chi connectivity index (χ4n) is 7.02. The Balaban J connectivity index is 1.38. The normalized spacial score (nSPS) is 23.8. The Hall–Kier alpha value is -5.04. The molecule has 3 amide bonds. The molecule has 202 valence electrons. The molecule has 0 saturated carbocycles. The van der Waals surface area contributed by atoms with Crippen molar-refractivity contribution in [2.24, 2.45) is 16.9 Å². The van der Waals surface area contributed by atoms with Crippen LogP contribution in [0.2, 0.25) is 0 Å². The van der Waals surface area contributed by atoms with Gasteiger partial charge in [-0.25, -0.2) is 10.3 Å². The van der Waals surface area contributed by atoms with Crippen molar-refractivity contribution in [3.05, 3.63) is 130 Å². The number of carbonyl (C=O) groups is 3. The number of nitrogens with zero attached hydrogens (tertiary/aromatic N) is 2. The van der Waals surface area contributed by atoms with Crippen molar-refractivity contribution >= 4 is 29.6 Å². The van der Waals surface area contributed by atoms with E-state index in [1.54, 1.807) is 37.6 Å². The summed E-state index contributed by atoms with van der Waals surface area (Å²) in [5.74, 6) is -1.91. The molecule has 1 heterocycles. The number of anilines is 1. The predicted octanol–water partition coefficient (Wildman–Crippen LogP) is 4.97. The van der Waals surface area contributed by atoms with E-state index < -0.39 is 23.2 Å². The third-order valence-corrected chi connectivity index (χ3v) is 8.74. The summed E-state index contributed by atoms with van der Waals surface area (Å²) in [6, 6.07) is 30.2. The van der Waals surface area contributed by atoms with Gasteiger partial charge in [0.2, 0.25) is 11.8 Å². The molecule has 0 aromatic heterocycles. The van der Waals surface area contributed by atoms with E-state index in [9.17, 15) is 14.4 Å². The summed E-state index contributed by atoms with van der Waals surface area (Å²) in [7, 11) is 1.54. The van der Waals surface area contributed by atoms with Crippen LogP contribution in [0.25, 0.3) is 0 Å². The van der Waals surface area contributed by atoms with Gasteiger partial charge in [0.15, 0.2) is 0 Å². The topological polar surface area (TPSA) is 88.1 Å². The second kappa shape index (κ2) is 9.27. The minimum atomic E-state index is -1.06. The van der Waals surface area contributed by atoms with Crippen LogP contribution in [0.1, 0.15) is 44.1 Å². The van der Waals surface area contributed by atoms with E-state index in [2.05, 4.69) is 10.5 Å². The van der Waals surface area contributed by atoms with Gasteiger partial charge in [-0.3, -0.25) is 14.4 Å². The number of imide groups is 1. The molecule has 2 bridgehead atoms. The number of carbonyl (C=O) groups excluding carboxylic acids is 3. The lowest BCUT2D eigenvalue weighted by Gasteiger charge is -2.52. The maximum Gasteiger partial charge on any atom is 0.271 e. The van der Waals surface area contributed by atoms with Crippen molar-refractivity contribution in [3.63, 3.8) is 0 Å². The Morgan fingerprint density at radius 3 is 2.20 bits per heavy atom. The van der Waals surface area contributed by atoms with Crippen LogP contribution in [0.4, 0.5) is 5.69 Å². The number of hydrogen-bond acceptors (Lipinski definition) is 5. The van der Waals surface area contributed by atoms with Gasteiger partial charge in [0.1, 0.15) is 5.75 Å². The van der Waals surface area contributed by atoms with Crippen LogP contribution in [0, 0.1) is 18.8 Å². The molecule has 41 heavy (non-hydrogen) atoms. The van der Waals surface area contributed by atoms with E-state index in [0.29, 0.717) is 17.0 Å². The fourth-order valence-corrected chi connectivity index (χ4v) is 7.02. The molecule has 3 aliphatic carbocycles. The third kappa shape index (κ3) is 3.51. The Kier molecular flexibility index (Phi) is 5.64. The molecule has 7 heteroatoms. The lowest BCUT2D eigenvalue weighted by Crippen LogP contribution is -2.54. The highest BCUT2D eigenvalue weighted by Gasteiger charge is 2.68. The first kappa shape index (κ1) is 25.0. The van der Waals surface area contributed by atoms with Gasteiger partial charge < -0.3 is 4.74 Å². The maximum atomic E-state index is 14.4. The summed E-state index contributed by atoms with van der Waals surface area (Å²) < 4.78 is 5.25. The average molecular weight is 542 g/mol. The Morgan fingerprint density at radius 2 is 1.54 bits per heavy atom. The monoisotopic (exact) mass is 541 g/mol. The fraction of sp³-hybridized carbons (Fsp3) is 0.176. The summed E-state index contributed by atoms with van der Waals surface area (Å²) in [5, 5.41) is 4.47. The van der Waals surface area contributed by atoms with Crippen LogP contribution in [-0.2, 0) is 15.0 Å². The van der Waals surface area contributed by atoms with Crippen molar-refractivity contribution in [1.82, 2.24) is 5.43 Å². The van der Waals surface area contributed by atoms with Crippen molar-refractivity contribution in [2.75, 3.05) is 12.0 Å². The summed E-state index contributed by atoms with van der Waals surface area (Å²) in [4.78, 5) is 43.0. The Bertz CT molecular complexity index is 1710. The first-order chi connectivity index (χ1) is 20.0. The summed E-state index contributed by atoms with van der Waals surface area (Å²) in [5.41, 5.74) is 7.46. The molecule has 4 aromatic carbocycles. The molecule has 0 radical (unpaired) electrons. The molecule has 0 spiro atoms. The first-order valence-corrected chi connectivity index (χ1v) is 13.6. The Morgan fingerprint density at radius 1 is 0.878 bits per heavy atom. The van der Waals surface area contributed by atoms with Gasteiger partial charge in [-0.05, 0) is 59.5 Å². The second-order valence-corrected chi connectivity index (χ2v) is 10.8. The minimum absolute atomic E-state index is 0.212. The van der Waals surface area contributed by atoms with E-state index in [-0.39, 0.29) is 17.7 Å². The Labute approximate surface area is 237 Å². The number of benzene rings is 4. The summed E-state index contributed by atoms with van der Waals surface area (Å²) in [6.07, 6.45) is 1.67. The van der Waals surface area contributed by atoms with E-state index in [1.807, 2.05) is 79.7 Å². The zero-order valence-electron chi connectivity index (χ0n) is 22.6. The van der Waals surface area contributed by atoms with Crippen LogP contribution in [0.15, 0.2) is 102 Å². The van der Waals surface area contributed by atoms with Gasteiger partial charge in [0.05, 0.1) is 30.0 Å². The largest absolute Gasteiger partial charge is 0.497 e.